The standard InChI is InChI=1S/C30H39S.C4H8O2/c1-7-22-18-24(9-3)29(25(10-4)19-22)31(28-16-14-13-15-17-28)30-26(11-5)20-23(8-2)21-27(30)12-6;1-2-3-4(5)6/h13-21H,7-12H2,1-6H3;2-3H2,1H3,(H,5,6)/q+1;/p-1. The van der Waals surface area contributed by atoms with Gasteiger partial charge in [-0.15, -0.1) is 0 Å². The van der Waals surface area contributed by atoms with Crippen LogP contribution in [0, 0.1) is 0 Å². The summed E-state index contributed by atoms with van der Waals surface area (Å²) in [4.78, 5) is 14.1. The van der Waals surface area contributed by atoms with Gasteiger partial charge in [0, 0.05) is 28.2 Å². The van der Waals surface area contributed by atoms with Crippen LogP contribution in [0.15, 0.2) is 69.3 Å². The lowest BCUT2D eigenvalue weighted by Gasteiger charge is -2.20. The van der Waals surface area contributed by atoms with Gasteiger partial charge in [-0.05, 0) is 68.2 Å². The van der Waals surface area contributed by atoms with Gasteiger partial charge in [-0.1, -0.05) is 97.4 Å². The fourth-order valence-corrected chi connectivity index (χ4v) is 7.70. The van der Waals surface area contributed by atoms with E-state index in [0.29, 0.717) is 6.42 Å². The number of rotatable bonds is 11. The number of carboxylic acids is 1. The second-order valence-corrected chi connectivity index (χ2v) is 11.2. The van der Waals surface area contributed by atoms with Crippen LogP contribution in [-0.2, 0) is 54.2 Å². The summed E-state index contributed by atoms with van der Waals surface area (Å²) < 4.78 is 0. The van der Waals surface area contributed by atoms with E-state index in [1.165, 1.54) is 38.3 Å². The molecule has 0 radical (unpaired) electrons. The summed E-state index contributed by atoms with van der Waals surface area (Å²) >= 11 is 0. The molecule has 0 aromatic heterocycles. The van der Waals surface area contributed by atoms with Gasteiger partial charge in [-0.3, -0.25) is 0 Å². The van der Waals surface area contributed by atoms with Crippen LogP contribution in [0.25, 0.3) is 0 Å². The highest BCUT2D eigenvalue weighted by Crippen LogP contribution is 2.41. The van der Waals surface area contributed by atoms with Crippen LogP contribution in [-0.4, -0.2) is 5.97 Å². The van der Waals surface area contributed by atoms with E-state index >= 15 is 0 Å². The van der Waals surface area contributed by atoms with Crippen molar-refractivity contribution in [2.45, 2.75) is 115 Å². The molecule has 200 valence electrons. The van der Waals surface area contributed by atoms with E-state index in [1.807, 2.05) is 0 Å². The Bertz CT molecular complexity index is 1020. The van der Waals surface area contributed by atoms with Gasteiger partial charge in [-0.2, -0.15) is 0 Å². The van der Waals surface area contributed by atoms with Crippen LogP contribution < -0.4 is 5.11 Å². The molecule has 37 heavy (non-hydrogen) atoms. The van der Waals surface area contributed by atoms with E-state index in [1.54, 1.807) is 16.7 Å². The molecule has 0 unspecified atom stereocenters. The van der Waals surface area contributed by atoms with Crippen molar-refractivity contribution in [3.63, 3.8) is 0 Å². The van der Waals surface area contributed by atoms with E-state index in [2.05, 4.69) is 96.1 Å². The fraction of sp³-hybridized carbons (Fsp3) is 0.441. The Morgan fingerprint density at radius 2 is 1.00 bits per heavy atom. The number of hydrogen-bond donors (Lipinski definition) is 0. The van der Waals surface area contributed by atoms with Crippen LogP contribution in [0.3, 0.4) is 0 Å². The Labute approximate surface area is 228 Å². The Kier molecular flexibility index (Phi) is 13.0. The van der Waals surface area contributed by atoms with Crippen molar-refractivity contribution in [3.05, 3.63) is 88.0 Å². The van der Waals surface area contributed by atoms with Crippen LogP contribution in [0.1, 0.15) is 94.7 Å². The lowest BCUT2D eigenvalue weighted by atomic mass is 10.0. The first-order valence-electron chi connectivity index (χ1n) is 14.2. The number of carbonyl (C=O) groups excluding carboxylic acids is 1. The van der Waals surface area contributed by atoms with E-state index in [-0.39, 0.29) is 17.3 Å². The molecule has 0 aliphatic heterocycles. The quantitative estimate of drug-likeness (QED) is 0.244. The second-order valence-electron chi connectivity index (χ2n) is 9.35. The monoisotopic (exact) mass is 518 g/mol. The molecule has 3 rings (SSSR count). The average molecular weight is 519 g/mol. The molecule has 0 spiro atoms. The van der Waals surface area contributed by atoms with Crippen molar-refractivity contribution in [2.24, 2.45) is 0 Å². The third kappa shape index (κ3) is 7.98. The maximum atomic E-state index is 9.49. The summed E-state index contributed by atoms with van der Waals surface area (Å²) in [6, 6.07) is 21.2. The van der Waals surface area contributed by atoms with Crippen molar-refractivity contribution in [1.29, 1.82) is 0 Å². The summed E-state index contributed by atoms with van der Waals surface area (Å²) in [7, 11) is -0.0809. The van der Waals surface area contributed by atoms with E-state index in [4.69, 9.17) is 0 Å². The molecule has 0 saturated carbocycles. The smallest absolute Gasteiger partial charge is 0.172 e. The molecule has 2 nitrogen and oxygen atoms in total. The molecule has 0 amide bonds. The van der Waals surface area contributed by atoms with Gasteiger partial charge in [0.05, 0.1) is 0 Å². The summed E-state index contributed by atoms with van der Waals surface area (Å²) in [6.07, 6.45) is 7.40. The largest absolute Gasteiger partial charge is 0.550 e. The minimum atomic E-state index is -0.961. The summed E-state index contributed by atoms with van der Waals surface area (Å²) in [6.45, 7) is 15.7. The summed E-state index contributed by atoms with van der Waals surface area (Å²) in [5, 5.41) is 9.49. The molecule has 0 aliphatic rings. The number of carboxylic acid groups (broad SMARTS) is 1. The Hall–Kier alpha value is -2.52. The molecule has 3 aromatic rings. The molecule has 0 aliphatic carbocycles. The first-order valence-corrected chi connectivity index (χ1v) is 15.4. The number of carbonyl (C=O) groups is 1. The zero-order valence-electron chi connectivity index (χ0n) is 24.1. The van der Waals surface area contributed by atoms with Crippen molar-refractivity contribution >= 4 is 16.9 Å². The molecule has 0 fully saturated rings. The van der Waals surface area contributed by atoms with Gasteiger partial charge >= 0.3 is 0 Å². The van der Waals surface area contributed by atoms with Gasteiger partial charge in [0.2, 0.25) is 0 Å². The van der Waals surface area contributed by atoms with Gasteiger partial charge in [0.25, 0.3) is 0 Å². The van der Waals surface area contributed by atoms with Crippen LogP contribution in [0.4, 0.5) is 0 Å². The first kappa shape index (κ1) is 30.7. The number of hydrogen-bond acceptors (Lipinski definition) is 2. The van der Waals surface area contributed by atoms with Crippen molar-refractivity contribution < 1.29 is 9.90 Å². The third-order valence-electron chi connectivity index (χ3n) is 6.79. The van der Waals surface area contributed by atoms with Crippen LogP contribution in [0.5, 0.6) is 0 Å². The zero-order valence-corrected chi connectivity index (χ0v) is 24.9. The fourth-order valence-electron chi connectivity index (χ4n) is 4.73. The predicted molar refractivity (Wildman–Crippen MR) is 158 cm³/mol. The zero-order chi connectivity index (χ0) is 27.4. The summed E-state index contributed by atoms with van der Waals surface area (Å²) in [5.74, 6) is -0.961. The predicted octanol–water partition coefficient (Wildman–Crippen LogP) is 7.69. The number of aliphatic carboxylic acids is 1. The molecule has 3 aromatic carbocycles. The van der Waals surface area contributed by atoms with Gasteiger partial charge in [0.15, 0.2) is 14.7 Å². The van der Waals surface area contributed by atoms with E-state index < -0.39 is 5.97 Å². The molecule has 0 bridgehead atoms. The van der Waals surface area contributed by atoms with Crippen LogP contribution >= 0.6 is 0 Å². The molecule has 0 N–H and O–H groups in total. The van der Waals surface area contributed by atoms with Gasteiger partial charge in [-0.25, -0.2) is 0 Å². The normalized spacial score (nSPS) is 10.8. The highest BCUT2D eigenvalue weighted by atomic mass is 32.2. The maximum absolute atomic E-state index is 9.49. The maximum Gasteiger partial charge on any atom is 0.172 e. The Morgan fingerprint density at radius 1 is 0.622 bits per heavy atom. The SMILES string of the molecule is CCCC(=O)[O-].CCc1cc(CC)c([S+](c2ccccc2)c2c(CC)cc(CC)cc2CC)c(CC)c1. The van der Waals surface area contributed by atoms with Gasteiger partial charge in [0.1, 0.15) is 10.9 Å². The lowest BCUT2D eigenvalue weighted by Crippen LogP contribution is -2.20. The third-order valence-corrected chi connectivity index (χ3v) is 9.40. The van der Waals surface area contributed by atoms with Crippen molar-refractivity contribution in [1.82, 2.24) is 0 Å². The number of benzene rings is 3. The average Bonchev–Trinajstić information content (AvgIpc) is 2.93. The molecule has 0 atom stereocenters. The van der Waals surface area contributed by atoms with Gasteiger partial charge < -0.3 is 9.90 Å². The second kappa shape index (κ2) is 15.7. The minimum absolute atomic E-state index is 0.0809. The van der Waals surface area contributed by atoms with E-state index in [9.17, 15) is 9.90 Å². The minimum Gasteiger partial charge on any atom is -0.550 e. The first-order chi connectivity index (χ1) is 17.9. The van der Waals surface area contributed by atoms with Crippen molar-refractivity contribution in [2.75, 3.05) is 0 Å². The number of aryl methyl sites for hydroxylation is 6. The topological polar surface area (TPSA) is 40.1 Å². The molecule has 0 heterocycles. The molecular formula is C34H46O2S. The summed E-state index contributed by atoms with van der Waals surface area (Å²) in [5.41, 5.74) is 9.09. The van der Waals surface area contributed by atoms with E-state index in [0.717, 1.165) is 38.5 Å². The Balaban J connectivity index is 0.000000717. The highest BCUT2D eigenvalue weighted by molar-refractivity contribution is 7.97. The molecule has 0 saturated heterocycles. The van der Waals surface area contributed by atoms with Crippen LogP contribution in [0.2, 0.25) is 0 Å². The molecule has 3 heteroatoms. The van der Waals surface area contributed by atoms with Crippen molar-refractivity contribution in [3.8, 4) is 0 Å². The Morgan fingerprint density at radius 3 is 1.24 bits per heavy atom. The lowest BCUT2D eigenvalue weighted by molar-refractivity contribution is -0.305. The molecular weight excluding hydrogens is 472 g/mol. The highest BCUT2D eigenvalue weighted by Gasteiger charge is 2.37.